The maximum atomic E-state index is 12.8. The molecule has 0 aliphatic rings. The van der Waals surface area contributed by atoms with Crippen molar-refractivity contribution in [1.29, 1.82) is 0 Å². The lowest BCUT2D eigenvalue weighted by molar-refractivity contribution is -0.00496. The molecule has 3 nitrogen and oxygen atoms in total. The largest absolute Gasteiger partial charge is 0.392 e. The highest BCUT2D eigenvalue weighted by Crippen LogP contribution is 2.24. The third-order valence-corrected chi connectivity index (χ3v) is 4.40. The Bertz CT molecular complexity index is 622. The molecule has 0 fully saturated rings. The Balaban J connectivity index is 2.14. The maximum Gasteiger partial charge on any atom is 0.171 e. The van der Waals surface area contributed by atoms with Crippen molar-refractivity contribution in [3.8, 4) is 0 Å². The minimum absolute atomic E-state index is 0.103. The fourth-order valence-electron chi connectivity index (χ4n) is 2.91. The molecule has 0 spiro atoms. The van der Waals surface area contributed by atoms with E-state index >= 15 is 0 Å². The summed E-state index contributed by atoms with van der Waals surface area (Å²) >= 11 is 0. The zero-order chi connectivity index (χ0) is 17.5. The van der Waals surface area contributed by atoms with Gasteiger partial charge in [0.1, 0.15) is 0 Å². The first kappa shape index (κ1) is 18.4. The normalized spacial score (nSPS) is 15.0. The maximum absolute atomic E-state index is 12.8. The van der Waals surface area contributed by atoms with Crippen LogP contribution in [0.5, 0.6) is 0 Å². The topological polar surface area (TPSA) is 57.5 Å². The van der Waals surface area contributed by atoms with Crippen LogP contribution in [0.1, 0.15) is 36.2 Å². The van der Waals surface area contributed by atoms with E-state index in [1.165, 1.54) is 0 Å². The van der Waals surface area contributed by atoms with Gasteiger partial charge in [0.15, 0.2) is 5.78 Å². The first-order valence-electron chi connectivity index (χ1n) is 8.50. The minimum Gasteiger partial charge on any atom is -0.392 e. The summed E-state index contributed by atoms with van der Waals surface area (Å²) in [6.07, 6.45) is -0.638. The van der Waals surface area contributed by atoms with Gasteiger partial charge in [0.25, 0.3) is 0 Å². The van der Waals surface area contributed by atoms with Crippen molar-refractivity contribution in [2.75, 3.05) is 0 Å². The molecule has 0 saturated carbocycles. The number of benzene rings is 2. The van der Waals surface area contributed by atoms with Crippen LogP contribution in [0.2, 0.25) is 0 Å². The third-order valence-electron chi connectivity index (χ3n) is 4.40. The molecule has 24 heavy (non-hydrogen) atoms. The summed E-state index contributed by atoms with van der Waals surface area (Å²) in [5.74, 6) is -1.11. The van der Waals surface area contributed by atoms with E-state index in [4.69, 9.17) is 0 Å². The molecule has 0 amide bonds. The molecular formula is C21H26O3. The standard InChI is InChI=1S/C21H26O3/c1-15(2)20(23)19(21(24)17-11-7-4-8-12-17)18(22)14-13-16-9-5-3-6-10-16/h3-12,15,18-20,22-23H,13-14H2,1-2H3/t18-,19+,20-/m0/s1. The minimum atomic E-state index is -0.879. The summed E-state index contributed by atoms with van der Waals surface area (Å²) in [6, 6.07) is 18.7. The predicted octanol–water partition coefficient (Wildman–Crippen LogP) is 3.50. The van der Waals surface area contributed by atoms with E-state index < -0.39 is 18.1 Å². The van der Waals surface area contributed by atoms with Crippen molar-refractivity contribution in [3.05, 3.63) is 71.8 Å². The van der Waals surface area contributed by atoms with Crippen LogP contribution in [0, 0.1) is 11.8 Å². The Kier molecular flexibility index (Phi) is 6.71. The van der Waals surface area contributed by atoms with Crippen LogP contribution in [-0.2, 0) is 6.42 Å². The highest BCUT2D eigenvalue weighted by Gasteiger charge is 2.35. The van der Waals surface area contributed by atoms with Gasteiger partial charge in [-0.1, -0.05) is 74.5 Å². The first-order valence-corrected chi connectivity index (χ1v) is 8.50. The molecule has 0 aliphatic carbocycles. The third kappa shape index (κ3) is 4.76. The summed E-state index contributed by atoms with van der Waals surface area (Å²) in [6.45, 7) is 3.72. The van der Waals surface area contributed by atoms with Crippen LogP contribution in [-0.4, -0.2) is 28.2 Å². The number of Topliss-reactive ketones (excluding diaryl/α,β-unsaturated/α-hetero) is 1. The molecule has 2 aromatic carbocycles. The molecule has 0 saturated heterocycles. The summed E-state index contributed by atoms with van der Waals surface area (Å²) < 4.78 is 0. The van der Waals surface area contributed by atoms with E-state index in [0.29, 0.717) is 18.4 Å². The lowest BCUT2D eigenvalue weighted by Crippen LogP contribution is -2.41. The predicted molar refractivity (Wildman–Crippen MR) is 95.9 cm³/mol. The molecular weight excluding hydrogens is 300 g/mol. The van der Waals surface area contributed by atoms with Gasteiger partial charge < -0.3 is 10.2 Å². The summed E-state index contributed by atoms with van der Waals surface area (Å²) in [5, 5.41) is 21.1. The van der Waals surface area contributed by atoms with Crippen molar-refractivity contribution < 1.29 is 15.0 Å². The van der Waals surface area contributed by atoms with Gasteiger partial charge in [-0.05, 0) is 24.3 Å². The number of carbonyl (C=O) groups excluding carboxylic acids is 1. The summed E-state index contributed by atoms with van der Waals surface area (Å²) in [5.41, 5.74) is 1.64. The highest BCUT2D eigenvalue weighted by atomic mass is 16.3. The Morgan fingerprint density at radius 2 is 1.46 bits per heavy atom. The molecule has 0 aromatic heterocycles. The number of aliphatic hydroxyl groups excluding tert-OH is 2. The fraction of sp³-hybridized carbons (Fsp3) is 0.381. The van der Waals surface area contributed by atoms with E-state index in [2.05, 4.69) is 0 Å². The molecule has 128 valence electrons. The number of aliphatic hydroxyl groups is 2. The quantitative estimate of drug-likeness (QED) is 0.730. The van der Waals surface area contributed by atoms with Crippen molar-refractivity contribution in [2.45, 2.75) is 38.9 Å². The van der Waals surface area contributed by atoms with E-state index in [-0.39, 0.29) is 11.7 Å². The molecule has 0 bridgehead atoms. The second-order valence-electron chi connectivity index (χ2n) is 6.58. The van der Waals surface area contributed by atoms with Crippen LogP contribution >= 0.6 is 0 Å². The molecule has 0 heterocycles. The Hall–Kier alpha value is -1.97. The van der Waals surface area contributed by atoms with Gasteiger partial charge in [-0.2, -0.15) is 0 Å². The van der Waals surface area contributed by atoms with E-state index in [9.17, 15) is 15.0 Å². The second-order valence-corrected chi connectivity index (χ2v) is 6.58. The summed E-state index contributed by atoms with van der Waals surface area (Å²) in [7, 11) is 0. The molecule has 3 atom stereocenters. The van der Waals surface area contributed by atoms with Crippen LogP contribution in [0.15, 0.2) is 60.7 Å². The molecule has 0 aliphatic heterocycles. The number of hydrogen-bond acceptors (Lipinski definition) is 3. The number of ketones is 1. The summed E-state index contributed by atoms with van der Waals surface area (Å²) in [4.78, 5) is 12.8. The van der Waals surface area contributed by atoms with E-state index in [1.54, 1.807) is 24.3 Å². The average molecular weight is 326 g/mol. The molecule has 2 N–H and O–H groups in total. The van der Waals surface area contributed by atoms with Gasteiger partial charge in [0.05, 0.1) is 18.1 Å². The van der Waals surface area contributed by atoms with Gasteiger partial charge in [0, 0.05) is 5.56 Å². The van der Waals surface area contributed by atoms with Crippen molar-refractivity contribution in [1.82, 2.24) is 0 Å². The monoisotopic (exact) mass is 326 g/mol. The fourth-order valence-corrected chi connectivity index (χ4v) is 2.91. The zero-order valence-electron chi connectivity index (χ0n) is 14.3. The van der Waals surface area contributed by atoms with Gasteiger partial charge >= 0.3 is 0 Å². The second kappa shape index (κ2) is 8.76. The van der Waals surface area contributed by atoms with Gasteiger partial charge in [-0.15, -0.1) is 0 Å². The Morgan fingerprint density at radius 1 is 0.917 bits per heavy atom. The average Bonchev–Trinajstić information content (AvgIpc) is 2.61. The number of aryl methyl sites for hydroxylation is 1. The SMILES string of the molecule is CC(C)[C@H](O)[C@H](C(=O)c1ccccc1)[C@@H](O)CCc1ccccc1. The van der Waals surface area contributed by atoms with E-state index in [0.717, 1.165) is 5.56 Å². The lowest BCUT2D eigenvalue weighted by atomic mass is 9.81. The Labute approximate surface area is 144 Å². The smallest absolute Gasteiger partial charge is 0.171 e. The van der Waals surface area contributed by atoms with Crippen LogP contribution < -0.4 is 0 Å². The first-order chi connectivity index (χ1) is 11.5. The number of rotatable bonds is 8. The van der Waals surface area contributed by atoms with Gasteiger partial charge in [0.2, 0.25) is 0 Å². The van der Waals surface area contributed by atoms with Crippen molar-refractivity contribution >= 4 is 5.78 Å². The lowest BCUT2D eigenvalue weighted by Gasteiger charge is -2.29. The Morgan fingerprint density at radius 3 is 2.00 bits per heavy atom. The molecule has 0 radical (unpaired) electrons. The van der Waals surface area contributed by atoms with Crippen LogP contribution in [0.3, 0.4) is 0 Å². The molecule has 2 rings (SSSR count). The highest BCUT2D eigenvalue weighted by molar-refractivity contribution is 5.98. The van der Waals surface area contributed by atoms with Gasteiger partial charge in [-0.25, -0.2) is 0 Å². The van der Waals surface area contributed by atoms with Crippen molar-refractivity contribution in [2.24, 2.45) is 11.8 Å². The molecule has 3 heteroatoms. The van der Waals surface area contributed by atoms with Crippen molar-refractivity contribution in [3.63, 3.8) is 0 Å². The van der Waals surface area contributed by atoms with Crippen LogP contribution in [0.4, 0.5) is 0 Å². The number of hydrogen-bond donors (Lipinski definition) is 2. The van der Waals surface area contributed by atoms with Crippen LogP contribution in [0.25, 0.3) is 0 Å². The van der Waals surface area contributed by atoms with E-state index in [1.807, 2.05) is 50.2 Å². The van der Waals surface area contributed by atoms with Gasteiger partial charge in [-0.3, -0.25) is 4.79 Å². The number of carbonyl (C=O) groups is 1. The molecule has 2 aromatic rings. The molecule has 0 unspecified atom stereocenters. The zero-order valence-corrected chi connectivity index (χ0v) is 14.3.